The van der Waals surface area contributed by atoms with Gasteiger partial charge in [0.05, 0.1) is 14.2 Å². The molecule has 0 saturated heterocycles. The summed E-state index contributed by atoms with van der Waals surface area (Å²) in [6, 6.07) is 14.0. The normalized spacial score (nSPS) is 15.2. The van der Waals surface area contributed by atoms with E-state index in [0.29, 0.717) is 6.54 Å². The quantitative estimate of drug-likeness (QED) is 0.561. The van der Waals surface area contributed by atoms with Crippen molar-refractivity contribution in [1.29, 1.82) is 0 Å². The Hall–Kier alpha value is -2.40. The number of nitrogens with one attached hydrogen (secondary N) is 2. The Balaban J connectivity index is 1.61. The second-order valence-electron chi connectivity index (χ2n) is 6.72. The van der Waals surface area contributed by atoms with E-state index in [1.54, 1.807) is 21.3 Å². The van der Waals surface area contributed by atoms with Gasteiger partial charge < -0.3 is 20.1 Å². The molecule has 0 amide bonds. The number of halogens is 1. The Morgan fingerprint density at radius 3 is 2.52 bits per heavy atom. The lowest BCUT2D eigenvalue weighted by Crippen LogP contribution is -2.40. The Morgan fingerprint density at radius 2 is 1.89 bits per heavy atom. The molecule has 1 aliphatic carbocycles. The molecule has 2 N–H and O–H groups in total. The van der Waals surface area contributed by atoms with E-state index in [-0.39, 0.29) is 5.41 Å². The van der Waals surface area contributed by atoms with Gasteiger partial charge in [-0.1, -0.05) is 35.9 Å². The largest absolute Gasteiger partial charge is 0.493 e. The molecule has 0 bridgehead atoms. The average Bonchev–Trinajstić information content (AvgIpc) is 3.49. The summed E-state index contributed by atoms with van der Waals surface area (Å²) in [5.41, 5.74) is 2.44. The van der Waals surface area contributed by atoms with Crippen LogP contribution in [0.4, 0.5) is 0 Å². The minimum absolute atomic E-state index is 0.149. The molecule has 1 saturated carbocycles. The summed E-state index contributed by atoms with van der Waals surface area (Å²) in [5.74, 6) is 2.21. The molecule has 0 atom stereocenters. The Morgan fingerprint density at radius 1 is 1.11 bits per heavy atom. The first-order chi connectivity index (χ1) is 13.1. The third-order valence-corrected chi connectivity index (χ3v) is 5.27. The molecular formula is C21H26ClN3O2. The molecule has 27 heavy (non-hydrogen) atoms. The Bertz CT molecular complexity index is 819. The lowest BCUT2D eigenvalue weighted by molar-refractivity contribution is 0.351. The smallest absolute Gasteiger partial charge is 0.191 e. The van der Waals surface area contributed by atoms with Crippen molar-refractivity contribution in [2.24, 2.45) is 4.99 Å². The SMILES string of the molecule is CN=C(NCc1cccc(OC)c1OC)NCC1(c2cccc(Cl)c2)CC1. The van der Waals surface area contributed by atoms with Gasteiger partial charge in [0.25, 0.3) is 0 Å². The van der Waals surface area contributed by atoms with Crippen LogP contribution in [-0.4, -0.2) is 33.8 Å². The van der Waals surface area contributed by atoms with E-state index in [1.807, 2.05) is 30.3 Å². The number of hydrogen-bond donors (Lipinski definition) is 2. The predicted molar refractivity (Wildman–Crippen MR) is 110 cm³/mol. The van der Waals surface area contributed by atoms with Crippen molar-refractivity contribution in [3.8, 4) is 11.5 Å². The number of rotatable bonds is 7. The Labute approximate surface area is 165 Å². The van der Waals surface area contributed by atoms with Crippen molar-refractivity contribution in [3.05, 3.63) is 58.6 Å². The van der Waals surface area contributed by atoms with Crippen LogP contribution in [0, 0.1) is 0 Å². The minimum atomic E-state index is 0.149. The van der Waals surface area contributed by atoms with Crippen LogP contribution in [0.1, 0.15) is 24.0 Å². The van der Waals surface area contributed by atoms with Gasteiger partial charge in [-0.2, -0.15) is 0 Å². The number of nitrogens with zero attached hydrogens (tertiary/aromatic N) is 1. The van der Waals surface area contributed by atoms with Gasteiger partial charge in [-0.3, -0.25) is 4.99 Å². The molecule has 144 valence electrons. The van der Waals surface area contributed by atoms with Crippen molar-refractivity contribution < 1.29 is 9.47 Å². The zero-order valence-corrected chi connectivity index (χ0v) is 16.8. The van der Waals surface area contributed by atoms with E-state index < -0.39 is 0 Å². The molecule has 0 aliphatic heterocycles. The molecule has 1 aliphatic rings. The fourth-order valence-electron chi connectivity index (χ4n) is 3.28. The van der Waals surface area contributed by atoms with E-state index in [9.17, 15) is 0 Å². The Kier molecular flexibility index (Phi) is 6.11. The summed E-state index contributed by atoms with van der Waals surface area (Å²) in [6.07, 6.45) is 2.31. The zero-order chi connectivity index (χ0) is 19.3. The number of hydrogen-bond acceptors (Lipinski definition) is 3. The molecule has 0 aromatic heterocycles. The van der Waals surface area contributed by atoms with Crippen molar-refractivity contribution >= 4 is 17.6 Å². The maximum atomic E-state index is 6.16. The summed E-state index contributed by atoms with van der Waals surface area (Å²) in [5, 5.41) is 7.59. The van der Waals surface area contributed by atoms with E-state index in [2.05, 4.69) is 27.8 Å². The first-order valence-electron chi connectivity index (χ1n) is 9.02. The lowest BCUT2D eigenvalue weighted by atomic mass is 9.96. The monoisotopic (exact) mass is 387 g/mol. The summed E-state index contributed by atoms with van der Waals surface area (Å²) >= 11 is 6.16. The lowest BCUT2D eigenvalue weighted by Gasteiger charge is -2.20. The van der Waals surface area contributed by atoms with Gasteiger partial charge in [0.1, 0.15) is 0 Å². The van der Waals surface area contributed by atoms with E-state index in [1.165, 1.54) is 5.56 Å². The first kappa shape index (κ1) is 19.4. The van der Waals surface area contributed by atoms with Gasteiger partial charge in [-0.25, -0.2) is 0 Å². The van der Waals surface area contributed by atoms with E-state index >= 15 is 0 Å². The van der Waals surface area contributed by atoms with Gasteiger partial charge in [0.15, 0.2) is 17.5 Å². The van der Waals surface area contributed by atoms with Crippen LogP contribution in [-0.2, 0) is 12.0 Å². The summed E-state index contributed by atoms with van der Waals surface area (Å²) < 4.78 is 10.8. The molecule has 0 unspecified atom stereocenters. The molecular weight excluding hydrogens is 362 g/mol. The maximum Gasteiger partial charge on any atom is 0.191 e. The topological polar surface area (TPSA) is 54.9 Å². The van der Waals surface area contributed by atoms with Crippen LogP contribution in [0.2, 0.25) is 5.02 Å². The van der Waals surface area contributed by atoms with Crippen LogP contribution in [0.25, 0.3) is 0 Å². The molecule has 0 spiro atoms. The molecule has 2 aromatic rings. The average molecular weight is 388 g/mol. The number of ether oxygens (including phenoxy) is 2. The standard InChI is InChI=1S/C21H26ClN3O2/c1-23-20(24-13-15-6-4-9-18(26-2)19(15)27-3)25-14-21(10-11-21)16-7-5-8-17(22)12-16/h4-9,12H,10-11,13-14H2,1-3H3,(H2,23,24,25). The number of guanidine groups is 1. The highest BCUT2D eigenvalue weighted by Crippen LogP contribution is 2.48. The van der Waals surface area contributed by atoms with Gasteiger partial charge in [-0.05, 0) is 36.6 Å². The molecule has 1 fully saturated rings. The molecule has 0 heterocycles. The number of methoxy groups -OCH3 is 2. The highest BCUT2D eigenvalue weighted by Gasteiger charge is 2.44. The third kappa shape index (κ3) is 4.48. The van der Waals surface area contributed by atoms with Crippen LogP contribution in [0.5, 0.6) is 11.5 Å². The van der Waals surface area contributed by atoms with Gasteiger partial charge >= 0.3 is 0 Å². The summed E-state index contributed by atoms with van der Waals surface area (Å²) in [4.78, 5) is 4.34. The number of benzene rings is 2. The molecule has 6 heteroatoms. The summed E-state index contributed by atoms with van der Waals surface area (Å²) in [7, 11) is 5.06. The van der Waals surface area contributed by atoms with Crippen molar-refractivity contribution in [2.75, 3.05) is 27.8 Å². The second kappa shape index (κ2) is 8.53. The minimum Gasteiger partial charge on any atom is -0.493 e. The van der Waals surface area contributed by atoms with Gasteiger partial charge in [-0.15, -0.1) is 0 Å². The van der Waals surface area contributed by atoms with Gasteiger partial charge in [0, 0.05) is 36.1 Å². The predicted octanol–water partition coefficient (Wildman–Crippen LogP) is 3.75. The maximum absolute atomic E-state index is 6.16. The zero-order valence-electron chi connectivity index (χ0n) is 16.0. The van der Waals surface area contributed by atoms with Crippen LogP contribution < -0.4 is 20.1 Å². The van der Waals surface area contributed by atoms with Crippen LogP contribution in [0.15, 0.2) is 47.5 Å². The third-order valence-electron chi connectivity index (χ3n) is 5.04. The van der Waals surface area contributed by atoms with Crippen molar-refractivity contribution in [3.63, 3.8) is 0 Å². The van der Waals surface area contributed by atoms with Crippen molar-refractivity contribution in [2.45, 2.75) is 24.8 Å². The van der Waals surface area contributed by atoms with E-state index in [4.69, 9.17) is 21.1 Å². The fourth-order valence-corrected chi connectivity index (χ4v) is 3.47. The van der Waals surface area contributed by atoms with Crippen LogP contribution in [0.3, 0.4) is 0 Å². The number of aliphatic imine (C=N–C) groups is 1. The molecule has 2 aromatic carbocycles. The highest BCUT2D eigenvalue weighted by atomic mass is 35.5. The molecule has 3 rings (SSSR count). The summed E-state index contributed by atoms with van der Waals surface area (Å²) in [6.45, 7) is 1.41. The van der Waals surface area contributed by atoms with Crippen molar-refractivity contribution in [1.82, 2.24) is 10.6 Å². The van der Waals surface area contributed by atoms with E-state index in [0.717, 1.165) is 47.4 Å². The van der Waals surface area contributed by atoms with Gasteiger partial charge in [0.2, 0.25) is 0 Å². The molecule has 5 nitrogen and oxygen atoms in total. The number of para-hydroxylation sites is 1. The molecule has 0 radical (unpaired) electrons. The van der Waals surface area contributed by atoms with Crippen LogP contribution >= 0.6 is 11.6 Å². The highest BCUT2D eigenvalue weighted by molar-refractivity contribution is 6.30. The first-order valence-corrected chi connectivity index (χ1v) is 9.40. The second-order valence-corrected chi connectivity index (χ2v) is 7.16. The fraction of sp³-hybridized carbons (Fsp3) is 0.381.